The standard InChI is InChI=1S/C26H24S4/c1-3-5-7-17-9-15-11-19-23(13-21(15)27-17)29-26-20-12-16-10-18(8-6-4-2)28-22(16)14-24(20)30-25(19)26/h9-14H,3-8H2,1-2H3. The fraction of sp³-hybridized carbons (Fsp3) is 0.308. The molecule has 0 bridgehead atoms. The summed E-state index contributed by atoms with van der Waals surface area (Å²) in [4.78, 5) is 3.08. The van der Waals surface area contributed by atoms with Gasteiger partial charge in [-0.3, -0.25) is 0 Å². The molecule has 30 heavy (non-hydrogen) atoms. The smallest absolute Gasteiger partial charge is 0.0542 e. The normalized spacial score (nSPS) is 12.5. The van der Waals surface area contributed by atoms with Crippen LogP contribution in [0.4, 0.5) is 0 Å². The molecule has 0 fully saturated rings. The van der Waals surface area contributed by atoms with Crippen LogP contribution >= 0.6 is 45.3 Å². The maximum Gasteiger partial charge on any atom is 0.0542 e. The van der Waals surface area contributed by atoms with Gasteiger partial charge in [-0.25, -0.2) is 0 Å². The second kappa shape index (κ2) is 7.59. The summed E-state index contributed by atoms with van der Waals surface area (Å²) in [5, 5.41) is 5.76. The van der Waals surface area contributed by atoms with Gasteiger partial charge in [0.1, 0.15) is 0 Å². The van der Waals surface area contributed by atoms with Gasteiger partial charge in [0, 0.05) is 39.3 Å². The van der Waals surface area contributed by atoms with Gasteiger partial charge in [0.15, 0.2) is 0 Å². The zero-order valence-electron chi connectivity index (χ0n) is 17.3. The molecule has 0 spiro atoms. The fourth-order valence-electron chi connectivity index (χ4n) is 4.39. The first-order valence-electron chi connectivity index (χ1n) is 11.0. The molecule has 152 valence electrons. The second-order valence-corrected chi connectivity index (χ2v) is 12.7. The van der Waals surface area contributed by atoms with E-state index in [1.807, 2.05) is 45.3 Å². The molecule has 0 unspecified atom stereocenters. The Morgan fingerprint density at radius 1 is 0.533 bits per heavy atom. The summed E-state index contributed by atoms with van der Waals surface area (Å²) >= 11 is 7.96. The van der Waals surface area contributed by atoms with Gasteiger partial charge in [0.05, 0.1) is 9.40 Å². The van der Waals surface area contributed by atoms with E-state index in [2.05, 4.69) is 50.2 Å². The van der Waals surface area contributed by atoms with Crippen molar-refractivity contribution in [2.45, 2.75) is 52.4 Å². The summed E-state index contributed by atoms with van der Waals surface area (Å²) in [7, 11) is 0. The third-order valence-electron chi connectivity index (χ3n) is 6.01. The largest absolute Gasteiger partial charge is 0.140 e. The topological polar surface area (TPSA) is 0 Å². The first-order chi connectivity index (χ1) is 14.7. The number of unbranched alkanes of at least 4 members (excludes halogenated alkanes) is 2. The first-order valence-corrected chi connectivity index (χ1v) is 14.2. The lowest BCUT2D eigenvalue weighted by molar-refractivity contribution is 0.804. The van der Waals surface area contributed by atoms with Crippen LogP contribution in [-0.2, 0) is 12.8 Å². The molecule has 0 radical (unpaired) electrons. The number of fused-ring (bicyclic) bond motifs is 7. The maximum atomic E-state index is 2.45. The zero-order chi connectivity index (χ0) is 20.2. The highest BCUT2D eigenvalue weighted by atomic mass is 32.1. The minimum atomic E-state index is 1.22. The lowest BCUT2D eigenvalue weighted by Crippen LogP contribution is -1.76. The van der Waals surface area contributed by atoms with E-state index in [1.54, 1.807) is 0 Å². The molecule has 0 saturated heterocycles. The molecule has 0 aliphatic carbocycles. The van der Waals surface area contributed by atoms with Crippen molar-refractivity contribution in [2.75, 3.05) is 0 Å². The van der Waals surface area contributed by atoms with Crippen molar-refractivity contribution in [3.63, 3.8) is 0 Å². The average Bonchev–Trinajstić information content (AvgIpc) is 3.48. The van der Waals surface area contributed by atoms with E-state index in [9.17, 15) is 0 Å². The number of benzene rings is 2. The van der Waals surface area contributed by atoms with Crippen LogP contribution in [0.25, 0.3) is 49.7 Å². The Kier molecular flexibility index (Phi) is 4.87. The molecule has 0 amide bonds. The summed E-state index contributed by atoms with van der Waals surface area (Å²) in [6.45, 7) is 4.55. The third kappa shape index (κ3) is 3.12. The van der Waals surface area contributed by atoms with E-state index >= 15 is 0 Å². The Balaban J connectivity index is 1.50. The molecule has 4 heteroatoms. The van der Waals surface area contributed by atoms with Gasteiger partial charge < -0.3 is 0 Å². The van der Waals surface area contributed by atoms with Crippen LogP contribution in [0.1, 0.15) is 49.3 Å². The molecule has 0 saturated carbocycles. The molecule has 6 aromatic rings. The monoisotopic (exact) mass is 464 g/mol. The van der Waals surface area contributed by atoms with Gasteiger partial charge in [-0.05, 0) is 72.9 Å². The predicted molar refractivity (Wildman–Crippen MR) is 143 cm³/mol. The molecular formula is C26H24S4. The first kappa shape index (κ1) is 19.2. The quantitative estimate of drug-likeness (QED) is 0.230. The summed E-state index contributed by atoms with van der Waals surface area (Å²) in [5.41, 5.74) is 0. The van der Waals surface area contributed by atoms with E-state index in [0.717, 1.165) is 0 Å². The highest BCUT2D eigenvalue weighted by molar-refractivity contribution is 7.37. The van der Waals surface area contributed by atoms with Crippen molar-refractivity contribution in [3.8, 4) is 0 Å². The lowest BCUT2D eigenvalue weighted by Gasteiger charge is -1.93. The minimum Gasteiger partial charge on any atom is -0.140 e. The van der Waals surface area contributed by atoms with Crippen molar-refractivity contribution in [1.82, 2.24) is 0 Å². The van der Waals surface area contributed by atoms with Crippen molar-refractivity contribution in [2.24, 2.45) is 0 Å². The lowest BCUT2D eigenvalue weighted by atomic mass is 10.1. The van der Waals surface area contributed by atoms with Crippen molar-refractivity contribution in [1.29, 1.82) is 0 Å². The van der Waals surface area contributed by atoms with Gasteiger partial charge in [-0.15, -0.1) is 45.3 Å². The minimum absolute atomic E-state index is 1.22. The SMILES string of the molecule is CCCCc1cc2cc3c(cc2s1)sc1c2cc4cc(CCCC)sc4cc2sc31. The maximum absolute atomic E-state index is 2.45. The van der Waals surface area contributed by atoms with E-state index in [0.29, 0.717) is 0 Å². The molecule has 0 N–H and O–H groups in total. The summed E-state index contributed by atoms with van der Waals surface area (Å²) < 4.78 is 8.77. The number of rotatable bonds is 6. The van der Waals surface area contributed by atoms with E-state index < -0.39 is 0 Å². The number of hydrogen-bond acceptors (Lipinski definition) is 4. The molecule has 0 aliphatic heterocycles. The Labute approximate surface area is 192 Å². The predicted octanol–water partition coefficient (Wildman–Crippen LogP) is 10.4. The van der Waals surface area contributed by atoms with Gasteiger partial charge in [0.2, 0.25) is 0 Å². The highest BCUT2D eigenvalue weighted by Crippen LogP contribution is 2.47. The molecule has 4 heterocycles. The van der Waals surface area contributed by atoms with Gasteiger partial charge >= 0.3 is 0 Å². The molecule has 0 aliphatic rings. The summed E-state index contributed by atoms with van der Waals surface area (Å²) in [6.07, 6.45) is 7.56. The van der Waals surface area contributed by atoms with Crippen molar-refractivity contribution >= 4 is 95.1 Å². The Morgan fingerprint density at radius 2 is 1.00 bits per heavy atom. The van der Waals surface area contributed by atoms with Gasteiger partial charge in [0.25, 0.3) is 0 Å². The van der Waals surface area contributed by atoms with Gasteiger partial charge in [-0.1, -0.05) is 26.7 Å². The Morgan fingerprint density at radius 3 is 1.43 bits per heavy atom. The average molecular weight is 465 g/mol. The van der Waals surface area contributed by atoms with Crippen molar-refractivity contribution in [3.05, 3.63) is 46.2 Å². The molecule has 6 rings (SSSR count). The summed E-state index contributed by atoms with van der Waals surface area (Å²) in [6, 6.07) is 14.7. The second-order valence-electron chi connectivity index (χ2n) is 8.27. The third-order valence-corrected chi connectivity index (χ3v) is 10.8. The molecule has 2 aromatic carbocycles. The van der Waals surface area contributed by atoms with Crippen LogP contribution < -0.4 is 0 Å². The molecule has 4 aromatic heterocycles. The van der Waals surface area contributed by atoms with Gasteiger partial charge in [-0.2, -0.15) is 0 Å². The van der Waals surface area contributed by atoms with E-state index in [-0.39, 0.29) is 0 Å². The number of aryl methyl sites for hydroxylation is 2. The van der Waals surface area contributed by atoms with Crippen LogP contribution in [-0.4, -0.2) is 0 Å². The van der Waals surface area contributed by atoms with Crippen LogP contribution in [0, 0.1) is 0 Å². The highest BCUT2D eigenvalue weighted by Gasteiger charge is 2.15. The number of hydrogen-bond donors (Lipinski definition) is 0. The van der Waals surface area contributed by atoms with E-state index in [4.69, 9.17) is 0 Å². The number of thiophene rings is 4. The molecule has 0 nitrogen and oxygen atoms in total. The molecule has 0 atom stereocenters. The van der Waals surface area contributed by atoms with Crippen LogP contribution in [0.3, 0.4) is 0 Å². The molecular weight excluding hydrogens is 441 g/mol. The van der Waals surface area contributed by atoms with Crippen LogP contribution in [0.15, 0.2) is 36.4 Å². The van der Waals surface area contributed by atoms with E-state index in [1.165, 1.54) is 98.0 Å². The summed E-state index contributed by atoms with van der Waals surface area (Å²) in [5.74, 6) is 0. The Hall–Kier alpha value is -1.46. The van der Waals surface area contributed by atoms with Crippen molar-refractivity contribution < 1.29 is 0 Å². The fourth-order valence-corrected chi connectivity index (χ4v) is 9.47. The Bertz CT molecular complexity index is 1400. The van der Waals surface area contributed by atoms with Crippen LogP contribution in [0.2, 0.25) is 0 Å². The zero-order valence-corrected chi connectivity index (χ0v) is 20.6. The van der Waals surface area contributed by atoms with Crippen LogP contribution in [0.5, 0.6) is 0 Å².